The number of thioether (sulfide) groups is 1. The predicted octanol–water partition coefficient (Wildman–Crippen LogP) is 3.73. The van der Waals surface area contributed by atoms with E-state index in [2.05, 4.69) is 10.9 Å². The predicted molar refractivity (Wildman–Crippen MR) is 114 cm³/mol. The molecule has 0 bridgehead atoms. The molecule has 2 aliphatic rings. The van der Waals surface area contributed by atoms with E-state index >= 15 is 0 Å². The second-order valence-electron chi connectivity index (χ2n) is 7.07. The first-order valence-corrected chi connectivity index (χ1v) is 11.7. The van der Waals surface area contributed by atoms with Crippen molar-refractivity contribution >= 4 is 34.9 Å². The topological polar surface area (TPSA) is 76.7 Å². The molecule has 1 aromatic carbocycles. The summed E-state index contributed by atoms with van der Waals surface area (Å²) in [6, 6.07) is 7.59. The van der Waals surface area contributed by atoms with E-state index in [9.17, 15) is 9.59 Å². The summed E-state index contributed by atoms with van der Waals surface area (Å²) in [6.07, 6.45) is 6.97. The lowest BCUT2D eigenvalue weighted by atomic mass is 10.00. The maximum atomic E-state index is 12.4. The largest absolute Gasteiger partial charge is 0.486 e. The molecule has 2 amide bonds. The summed E-state index contributed by atoms with van der Waals surface area (Å²) >= 11 is 2.93. The van der Waals surface area contributed by atoms with Gasteiger partial charge in [0.05, 0.1) is 10.6 Å². The molecule has 2 N–H and O–H groups in total. The Morgan fingerprint density at radius 2 is 1.76 bits per heavy atom. The summed E-state index contributed by atoms with van der Waals surface area (Å²) in [5.41, 5.74) is 6.34. The molecule has 4 rings (SSSR count). The lowest BCUT2D eigenvalue weighted by Gasteiger charge is -2.18. The molecule has 1 aromatic heterocycles. The van der Waals surface area contributed by atoms with Crippen molar-refractivity contribution < 1.29 is 19.1 Å². The van der Waals surface area contributed by atoms with Gasteiger partial charge < -0.3 is 9.47 Å². The summed E-state index contributed by atoms with van der Waals surface area (Å²) < 4.78 is 11.0. The van der Waals surface area contributed by atoms with Gasteiger partial charge in [0.2, 0.25) is 5.91 Å². The highest BCUT2D eigenvalue weighted by Gasteiger charge is 2.17. The van der Waals surface area contributed by atoms with Crippen LogP contribution in [0.5, 0.6) is 11.5 Å². The van der Waals surface area contributed by atoms with Crippen molar-refractivity contribution in [3.8, 4) is 11.5 Å². The molecule has 0 unspecified atom stereocenters. The number of ether oxygens (including phenoxy) is 2. The highest BCUT2D eigenvalue weighted by Crippen LogP contribution is 2.34. The Bertz CT molecular complexity index is 871. The van der Waals surface area contributed by atoms with Crippen LogP contribution in [0.4, 0.5) is 0 Å². The van der Waals surface area contributed by atoms with Gasteiger partial charge in [0.15, 0.2) is 11.5 Å². The van der Waals surface area contributed by atoms with Crippen molar-refractivity contribution in [1.29, 1.82) is 0 Å². The quantitative estimate of drug-likeness (QED) is 0.569. The molecular weight excluding hydrogens is 408 g/mol. The third-order valence-corrected chi connectivity index (χ3v) is 7.15. The minimum Gasteiger partial charge on any atom is -0.486 e. The van der Waals surface area contributed by atoms with Gasteiger partial charge in [-0.05, 0) is 55.5 Å². The van der Waals surface area contributed by atoms with Gasteiger partial charge in [-0.25, -0.2) is 0 Å². The monoisotopic (exact) mass is 432 g/mol. The van der Waals surface area contributed by atoms with E-state index in [-0.39, 0.29) is 17.6 Å². The first-order valence-electron chi connectivity index (χ1n) is 9.92. The van der Waals surface area contributed by atoms with Crippen molar-refractivity contribution in [1.82, 2.24) is 10.9 Å². The lowest BCUT2D eigenvalue weighted by molar-refractivity contribution is -0.119. The van der Waals surface area contributed by atoms with E-state index in [4.69, 9.17) is 9.47 Å². The zero-order valence-corrected chi connectivity index (χ0v) is 17.8. The van der Waals surface area contributed by atoms with Crippen LogP contribution in [-0.2, 0) is 17.6 Å². The molecule has 2 heterocycles. The van der Waals surface area contributed by atoms with E-state index in [1.165, 1.54) is 47.9 Å². The zero-order valence-electron chi connectivity index (χ0n) is 16.1. The second kappa shape index (κ2) is 9.54. The number of aryl methyl sites for hydroxylation is 2. The number of hydrazine groups is 1. The smallest absolute Gasteiger partial charge is 0.279 e. The number of thiophene rings is 1. The van der Waals surface area contributed by atoms with Gasteiger partial charge in [-0.1, -0.05) is 12.8 Å². The van der Waals surface area contributed by atoms with Crippen molar-refractivity contribution in [2.24, 2.45) is 0 Å². The molecule has 0 radical (unpaired) electrons. The van der Waals surface area contributed by atoms with Crippen molar-refractivity contribution in [3.63, 3.8) is 0 Å². The second-order valence-corrected chi connectivity index (χ2v) is 9.26. The van der Waals surface area contributed by atoms with E-state index in [0.717, 1.165) is 23.5 Å². The molecule has 0 fully saturated rings. The van der Waals surface area contributed by atoms with Crippen molar-refractivity contribution in [2.45, 2.75) is 43.4 Å². The molecule has 29 heavy (non-hydrogen) atoms. The number of hydrogen-bond donors (Lipinski definition) is 2. The molecule has 0 spiro atoms. The fourth-order valence-corrected chi connectivity index (χ4v) is 5.32. The Morgan fingerprint density at radius 3 is 2.62 bits per heavy atom. The molecular formula is C21H24N2O4S2. The first-order chi connectivity index (χ1) is 14.2. The summed E-state index contributed by atoms with van der Waals surface area (Å²) in [5, 5.41) is 0. The molecule has 2 aromatic rings. The van der Waals surface area contributed by atoms with Crippen LogP contribution in [0.1, 0.15) is 45.8 Å². The van der Waals surface area contributed by atoms with Crippen LogP contribution in [-0.4, -0.2) is 30.8 Å². The SMILES string of the molecule is O=C(CSc1ccc2c(c1)OCCO2)NNC(=O)c1cc2c(s1)CCCCCC2. The molecule has 1 aliphatic heterocycles. The standard InChI is InChI=1S/C21H24N2O4S2/c24-20(13-28-15-7-8-16-17(12-15)27-10-9-26-16)22-23-21(25)19-11-14-5-3-1-2-4-6-18(14)29-19/h7-8,11-12H,1-6,9-10,13H2,(H,22,24)(H,23,25). The fraction of sp³-hybridized carbons (Fsp3) is 0.429. The summed E-state index contributed by atoms with van der Waals surface area (Å²) in [5.74, 6) is 1.11. The minimum atomic E-state index is -0.256. The van der Waals surface area contributed by atoms with Crippen LogP contribution >= 0.6 is 23.1 Å². The Morgan fingerprint density at radius 1 is 0.966 bits per heavy atom. The van der Waals surface area contributed by atoms with Gasteiger partial charge in [-0.2, -0.15) is 0 Å². The number of fused-ring (bicyclic) bond motifs is 2. The van der Waals surface area contributed by atoms with Crippen molar-refractivity contribution in [3.05, 3.63) is 39.6 Å². The number of rotatable bonds is 4. The van der Waals surface area contributed by atoms with E-state index in [1.54, 1.807) is 11.3 Å². The lowest BCUT2D eigenvalue weighted by Crippen LogP contribution is -2.42. The third-order valence-electron chi connectivity index (χ3n) is 4.92. The summed E-state index contributed by atoms with van der Waals surface area (Å²) in [7, 11) is 0. The average Bonchev–Trinajstić information content (AvgIpc) is 3.12. The van der Waals surface area contributed by atoms with Crippen LogP contribution in [0.15, 0.2) is 29.2 Å². The minimum absolute atomic E-state index is 0.195. The fourth-order valence-electron chi connectivity index (χ4n) is 3.44. The number of nitrogens with one attached hydrogen (secondary N) is 2. The van der Waals surface area contributed by atoms with E-state index < -0.39 is 0 Å². The van der Waals surface area contributed by atoms with Crippen LogP contribution in [0.3, 0.4) is 0 Å². The Balaban J connectivity index is 1.26. The molecule has 154 valence electrons. The normalized spacial score (nSPS) is 15.6. The van der Waals surface area contributed by atoms with E-state index in [1.807, 2.05) is 24.3 Å². The Labute approximate surface area is 178 Å². The van der Waals surface area contributed by atoms with Gasteiger partial charge in [0, 0.05) is 9.77 Å². The molecule has 0 saturated carbocycles. The summed E-state index contributed by atoms with van der Waals surface area (Å²) in [4.78, 5) is 27.4. The van der Waals surface area contributed by atoms with Gasteiger partial charge in [-0.15, -0.1) is 23.1 Å². The number of carbonyl (C=O) groups is 2. The highest BCUT2D eigenvalue weighted by molar-refractivity contribution is 8.00. The third kappa shape index (κ3) is 5.25. The first kappa shape index (κ1) is 20.1. The number of benzene rings is 1. The zero-order chi connectivity index (χ0) is 20.1. The van der Waals surface area contributed by atoms with Crippen LogP contribution in [0.2, 0.25) is 0 Å². The average molecular weight is 433 g/mol. The van der Waals surface area contributed by atoms with Crippen LogP contribution in [0.25, 0.3) is 0 Å². The van der Waals surface area contributed by atoms with Gasteiger partial charge in [-0.3, -0.25) is 20.4 Å². The molecule has 1 aliphatic carbocycles. The Hall–Kier alpha value is -2.19. The molecule has 0 saturated heterocycles. The van der Waals surface area contributed by atoms with Gasteiger partial charge in [0.1, 0.15) is 13.2 Å². The highest BCUT2D eigenvalue weighted by atomic mass is 32.2. The summed E-state index contributed by atoms with van der Waals surface area (Å²) in [6.45, 7) is 1.08. The number of hydrogen-bond acceptors (Lipinski definition) is 6. The number of amides is 2. The maximum absolute atomic E-state index is 12.4. The Kier molecular flexibility index (Phi) is 6.61. The van der Waals surface area contributed by atoms with Crippen LogP contribution < -0.4 is 20.3 Å². The number of carbonyl (C=O) groups excluding carboxylic acids is 2. The van der Waals surface area contributed by atoms with Crippen molar-refractivity contribution in [2.75, 3.05) is 19.0 Å². The molecule has 0 atom stereocenters. The molecule has 6 nitrogen and oxygen atoms in total. The molecule has 8 heteroatoms. The van der Waals surface area contributed by atoms with Gasteiger partial charge in [0.25, 0.3) is 5.91 Å². The van der Waals surface area contributed by atoms with E-state index in [0.29, 0.717) is 23.8 Å². The maximum Gasteiger partial charge on any atom is 0.279 e. The van der Waals surface area contributed by atoms with Gasteiger partial charge >= 0.3 is 0 Å². The van der Waals surface area contributed by atoms with Crippen LogP contribution in [0, 0.1) is 0 Å².